The minimum atomic E-state index is -3.21. The van der Waals surface area contributed by atoms with Gasteiger partial charge in [-0.05, 0) is 72.3 Å². The number of hydrogen-bond acceptors (Lipinski definition) is 6. The molecule has 2 aromatic rings. The summed E-state index contributed by atoms with van der Waals surface area (Å²) in [6, 6.07) is 6.73. The molecule has 7 nitrogen and oxygen atoms in total. The molecule has 0 atom stereocenters. The second-order valence-corrected chi connectivity index (χ2v) is 10.2. The Morgan fingerprint density at radius 2 is 1.74 bits per heavy atom. The van der Waals surface area contributed by atoms with Crippen LogP contribution in [0.5, 0.6) is 0 Å². The van der Waals surface area contributed by atoms with Crippen molar-refractivity contribution in [3.05, 3.63) is 30.1 Å². The SMILES string of the molecule is CS(=O)(=O)c1ccc(-n2nnnc2CN2CCCC3(CCCCC3)C2)cc1. The highest BCUT2D eigenvalue weighted by molar-refractivity contribution is 7.90. The minimum absolute atomic E-state index is 0.302. The molecule has 0 unspecified atom stereocenters. The van der Waals surface area contributed by atoms with Gasteiger partial charge in [-0.1, -0.05) is 19.3 Å². The predicted octanol–water partition coefficient (Wildman–Crippen LogP) is 2.61. The first-order chi connectivity index (χ1) is 13.0. The average Bonchev–Trinajstić information content (AvgIpc) is 3.10. The number of piperidine rings is 1. The topological polar surface area (TPSA) is 81.0 Å². The van der Waals surface area contributed by atoms with Crippen molar-refractivity contribution in [1.82, 2.24) is 25.1 Å². The maximum atomic E-state index is 11.7. The molecule has 1 aliphatic carbocycles. The van der Waals surface area contributed by atoms with E-state index in [0.29, 0.717) is 10.3 Å². The highest BCUT2D eigenvalue weighted by atomic mass is 32.2. The van der Waals surface area contributed by atoms with Gasteiger partial charge in [0.1, 0.15) is 0 Å². The number of sulfone groups is 1. The van der Waals surface area contributed by atoms with Crippen LogP contribution in [-0.2, 0) is 16.4 Å². The molecule has 0 bridgehead atoms. The molecule has 1 saturated carbocycles. The fourth-order valence-electron chi connectivity index (χ4n) is 4.69. The van der Waals surface area contributed by atoms with Crippen molar-refractivity contribution in [3.63, 3.8) is 0 Å². The fourth-order valence-corrected chi connectivity index (χ4v) is 5.32. The van der Waals surface area contributed by atoms with Crippen LogP contribution >= 0.6 is 0 Å². The Bertz CT molecular complexity index is 880. The summed E-state index contributed by atoms with van der Waals surface area (Å²) in [4.78, 5) is 2.79. The molecule has 2 heterocycles. The summed E-state index contributed by atoms with van der Waals surface area (Å²) >= 11 is 0. The Labute approximate surface area is 160 Å². The molecule has 8 heteroatoms. The molecule has 2 fully saturated rings. The fraction of sp³-hybridized carbons (Fsp3) is 0.632. The normalized spacial score (nSPS) is 20.8. The molecule has 1 saturated heterocycles. The van der Waals surface area contributed by atoms with Crippen molar-refractivity contribution in [2.75, 3.05) is 19.3 Å². The van der Waals surface area contributed by atoms with E-state index in [1.54, 1.807) is 28.9 Å². The van der Waals surface area contributed by atoms with Crippen molar-refractivity contribution in [2.45, 2.75) is 56.4 Å². The van der Waals surface area contributed by atoms with Crippen LogP contribution in [-0.4, -0.2) is 52.9 Å². The van der Waals surface area contributed by atoms with Gasteiger partial charge in [0.05, 0.1) is 17.1 Å². The van der Waals surface area contributed by atoms with Gasteiger partial charge in [0.25, 0.3) is 0 Å². The molecule has 0 amide bonds. The maximum Gasteiger partial charge on any atom is 0.175 e. The second-order valence-electron chi connectivity index (χ2n) is 8.15. The van der Waals surface area contributed by atoms with Crippen LogP contribution in [0, 0.1) is 5.41 Å². The van der Waals surface area contributed by atoms with Gasteiger partial charge in [-0.2, -0.15) is 4.68 Å². The van der Waals surface area contributed by atoms with Gasteiger partial charge in [-0.15, -0.1) is 5.10 Å². The van der Waals surface area contributed by atoms with E-state index in [2.05, 4.69) is 20.4 Å². The van der Waals surface area contributed by atoms with E-state index >= 15 is 0 Å². The molecular formula is C19H27N5O2S. The second kappa shape index (κ2) is 7.31. The zero-order chi connectivity index (χ0) is 18.9. The van der Waals surface area contributed by atoms with E-state index in [9.17, 15) is 8.42 Å². The molecule has 146 valence electrons. The Kier molecular flexibility index (Phi) is 5.03. The lowest BCUT2D eigenvalue weighted by atomic mass is 9.69. The highest BCUT2D eigenvalue weighted by Gasteiger charge is 2.36. The minimum Gasteiger partial charge on any atom is -0.295 e. The number of rotatable bonds is 4. The lowest BCUT2D eigenvalue weighted by Crippen LogP contribution is -2.44. The summed E-state index contributed by atoms with van der Waals surface area (Å²) in [6.07, 6.45) is 10.6. The van der Waals surface area contributed by atoms with Crippen LogP contribution in [0.25, 0.3) is 5.69 Å². The Hall–Kier alpha value is -1.80. The zero-order valence-corrected chi connectivity index (χ0v) is 16.7. The van der Waals surface area contributed by atoms with E-state index in [-0.39, 0.29) is 0 Å². The van der Waals surface area contributed by atoms with Gasteiger partial charge in [-0.3, -0.25) is 4.90 Å². The number of benzene rings is 1. The summed E-state index contributed by atoms with van der Waals surface area (Å²) in [5, 5.41) is 12.2. The first kappa shape index (κ1) is 18.6. The smallest absolute Gasteiger partial charge is 0.175 e. The largest absolute Gasteiger partial charge is 0.295 e. The summed E-state index contributed by atoms with van der Waals surface area (Å²) < 4.78 is 25.0. The average molecular weight is 390 g/mol. The Morgan fingerprint density at radius 1 is 1.04 bits per heavy atom. The third-order valence-corrected chi connectivity index (χ3v) is 7.19. The third-order valence-electron chi connectivity index (χ3n) is 6.06. The third kappa shape index (κ3) is 4.06. The van der Waals surface area contributed by atoms with Gasteiger partial charge in [0.15, 0.2) is 15.7 Å². The summed E-state index contributed by atoms with van der Waals surface area (Å²) in [6.45, 7) is 2.94. The van der Waals surface area contributed by atoms with Crippen LogP contribution in [0.2, 0.25) is 0 Å². The maximum absolute atomic E-state index is 11.7. The summed E-state index contributed by atoms with van der Waals surface area (Å²) in [5.74, 6) is 0.801. The molecule has 0 radical (unpaired) electrons. The van der Waals surface area contributed by atoms with Gasteiger partial charge in [0.2, 0.25) is 0 Å². The van der Waals surface area contributed by atoms with Crippen LogP contribution in [0.3, 0.4) is 0 Å². The van der Waals surface area contributed by atoms with E-state index in [0.717, 1.165) is 31.1 Å². The van der Waals surface area contributed by atoms with E-state index in [1.807, 2.05) is 0 Å². The first-order valence-electron chi connectivity index (χ1n) is 9.75. The van der Waals surface area contributed by atoms with Crippen LogP contribution in [0.1, 0.15) is 50.8 Å². The number of likely N-dealkylation sites (tertiary alicyclic amines) is 1. The number of hydrogen-bond donors (Lipinski definition) is 0. The molecular weight excluding hydrogens is 362 g/mol. The lowest BCUT2D eigenvalue weighted by Gasteiger charge is -2.45. The van der Waals surface area contributed by atoms with Gasteiger partial charge in [-0.25, -0.2) is 8.42 Å². The summed E-state index contributed by atoms with van der Waals surface area (Å²) in [7, 11) is -3.21. The number of tetrazole rings is 1. The monoisotopic (exact) mass is 389 g/mol. The molecule has 2 aliphatic rings. The van der Waals surface area contributed by atoms with Crippen LogP contribution in [0.15, 0.2) is 29.2 Å². The lowest BCUT2D eigenvalue weighted by molar-refractivity contribution is 0.0476. The zero-order valence-electron chi connectivity index (χ0n) is 15.8. The molecule has 0 N–H and O–H groups in total. The van der Waals surface area contributed by atoms with Crippen LogP contribution < -0.4 is 0 Å². The van der Waals surface area contributed by atoms with Crippen molar-refractivity contribution >= 4 is 9.84 Å². The molecule has 1 aromatic carbocycles. The standard InChI is InChI=1S/C19H27N5O2S/c1-27(25,26)17-8-6-16(7-9-17)24-18(20-21-22-24)14-23-13-5-12-19(15-23)10-3-2-4-11-19/h6-9H,2-5,10-15H2,1H3. The molecule has 27 heavy (non-hydrogen) atoms. The van der Waals surface area contributed by atoms with Crippen molar-refractivity contribution in [1.29, 1.82) is 0 Å². The molecule has 4 rings (SSSR count). The van der Waals surface area contributed by atoms with Crippen LogP contribution in [0.4, 0.5) is 0 Å². The number of aromatic nitrogens is 4. The molecule has 1 spiro atoms. The first-order valence-corrected chi connectivity index (χ1v) is 11.6. The van der Waals surface area contributed by atoms with E-state index in [1.165, 1.54) is 51.2 Å². The molecule has 1 aliphatic heterocycles. The number of nitrogens with zero attached hydrogens (tertiary/aromatic N) is 5. The van der Waals surface area contributed by atoms with Gasteiger partial charge < -0.3 is 0 Å². The van der Waals surface area contributed by atoms with Gasteiger partial charge in [0, 0.05) is 12.8 Å². The van der Waals surface area contributed by atoms with Gasteiger partial charge >= 0.3 is 0 Å². The predicted molar refractivity (Wildman–Crippen MR) is 102 cm³/mol. The van der Waals surface area contributed by atoms with E-state index < -0.39 is 9.84 Å². The van der Waals surface area contributed by atoms with Crippen molar-refractivity contribution in [2.24, 2.45) is 5.41 Å². The van der Waals surface area contributed by atoms with Crippen molar-refractivity contribution < 1.29 is 8.42 Å². The van der Waals surface area contributed by atoms with E-state index in [4.69, 9.17) is 0 Å². The highest BCUT2D eigenvalue weighted by Crippen LogP contribution is 2.43. The Morgan fingerprint density at radius 3 is 2.44 bits per heavy atom. The van der Waals surface area contributed by atoms with Crippen molar-refractivity contribution in [3.8, 4) is 5.69 Å². The quantitative estimate of drug-likeness (QED) is 0.800. The Balaban J connectivity index is 1.50. The molecule has 1 aromatic heterocycles. The summed E-state index contributed by atoms with van der Waals surface area (Å²) in [5.41, 5.74) is 1.28.